The monoisotopic (exact) mass is 921 g/mol. The zero-order valence-electron chi connectivity index (χ0n) is 35.2. The first kappa shape index (κ1) is 44.8. The van der Waals surface area contributed by atoms with E-state index in [4.69, 9.17) is 32.7 Å². The van der Waals surface area contributed by atoms with E-state index in [0.29, 0.717) is 30.9 Å². The van der Waals surface area contributed by atoms with Crippen molar-refractivity contribution in [1.29, 1.82) is 0 Å². The van der Waals surface area contributed by atoms with Crippen molar-refractivity contribution in [2.24, 2.45) is 16.7 Å². The van der Waals surface area contributed by atoms with Gasteiger partial charge in [-0.3, -0.25) is 18.5 Å². The Morgan fingerprint density at radius 1 is 0.968 bits per heavy atom. The third-order valence-corrected chi connectivity index (χ3v) is 14.5. The molecule has 1 amide bonds. The van der Waals surface area contributed by atoms with Crippen LogP contribution in [0.1, 0.15) is 55.5 Å². The molecule has 2 aliphatic heterocycles. The lowest BCUT2D eigenvalue weighted by molar-refractivity contribution is 0.0585. The van der Waals surface area contributed by atoms with Crippen LogP contribution in [-0.2, 0) is 10.0 Å². The maximum absolute atomic E-state index is 13.9. The average molecular weight is 923 g/mol. The molecule has 0 spiro atoms. The van der Waals surface area contributed by atoms with Gasteiger partial charge in [-0.15, -0.1) is 0 Å². The number of aromatic amines is 1. The van der Waals surface area contributed by atoms with Crippen LogP contribution in [0.5, 0.6) is 17.4 Å². The number of hydrogen-bond acceptors (Lipinski definition) is 10. The number of nitrogens with one attached hydrogen (secondary N) is 3. The SMILES string of the molecule is CC1(C)CCC(CN2CCN(c3ccc(C(=O)NS(=O)(=O)c4cnc(OC[C@@]5(C(CF)CF)CCNC5)c(Cl)c4)c(Oc4cnc5[nH]ccc5c4)c3)CC2)=C(c2ccc(Cl)cc2)C1. The Kier molecular flexibility index (Phi) is 13.3. The lowest BCUT2D eigenvalue weighted by Crippen LogP contribution is -2.47. The van der Waals surface area contributed by atoms with Crippen LogP contribution in [0.25, 0.3) is 16.6 Å². The highest BCUT2D eigenvalue weighted by atomic mass is 35.5. The third-order valence-electron chi connectivity index (χ3n) is 12.7. The minimum absolute atomic E-state index is 0.0261. The van der Waals surface area contributed by atoms with Crippen molar-refractivity contribution >= 4 is 61.4 Å². The number of alkyl halides is 2. The molecule has 1 atom stereocenters. The molecule has 3 N–H and O–H groups in total. The molecule has 5 aromatic rings. The van der Waals surface area contributed by atoms with Gasteiger partial charge in [0.15, 0.2) is 0 Å². The molecule has 3 aromatic heterocycles. The van der Waals surface area contributed by atoms with Gasteiger partial charge in [-0.2, -0.15) is 0 Å². The molecule has 12 nitrogen and oxygen atoms in total. The second kappa shape index (κ2) is 18.7. The third kappa shape index (κ3) is 10.1. The Labute approximate surface area is 376 Å². The number of ether oxygens (including phenoxy) is 2. The van der Waals surface area contributed by atoms with Crippen LogP contribution in [-0.4, -0.2) is 99.9 Å². The zero-order chi connectivity index (χ0) is 44.4. The number of aromatic nitrogens is 3. The zero-order valence-corrected chi connectivity index (χ0v) is 37.6. The molecule has 0 unspecified atom stereocenters. The largest absolute Gasteiger partial charge is 0.476 e. The van der Waals surface area contributed by atoms with Crippen LogP contribution in [0.4, 0.5) is 14.5 Å². The van der Waals surface area contributed by atoms with E-state index >= 15 is 0 Å². The van der Waals surface area contributed by atoms with Crippen molar-refractivity contribution in [3.8, 4) is 17.4 Å². The van der Waals surface area contributed by atoms with E-state index in [-0.39, 0.29) is 39.1 Å². The summed E-state index contributed by atoms with van der Waals surface area (Å²) >= 11 is 12.7. The van der Waals surface area contributed by atoms with Gasteiger partial charge in [0, 0.05) is 79.0 Å². The number of carbonyl (C=O) groups is 1. The van der Waals surface area contributed by atoms with E-state index in [1.807, 2.05) is 18.2 Å². The van der Waals surface area contributed by atoms with Crippen molar-refractivity contribution in [2.45, 2.75) is 44.4 Å². The molecule has 2 aromatic carbocycles. The minimum atomic E-state index is -4.51. The number of allylic oxidation sites excluding steroid dienone is 1. The summed E-state index contributed by atoms with van der Waals surface area (Å²) in [5.74, 6) is -1.42. The van der Waals surface area contributed by atoms with E-state index < -0.39 is 40.6 Å². The number of fused-ring (bicyclic) bond motifs is 1. The molecule has 1 aliphatic carbocycles. The van der Waals surface area contributed by atoms with Crippen molar-refractivity contribution in [3.63, 3.8) is 0 Å². The summed E-state index contributed by atoms with van der Waals surface area (Å²) in [5, 5.41) is 4.50. The van der Waals surface area contributed by atoms with Crippen molar-refractivity contribution in [3.05, 3.63) is 106 Å². The fraction of sp³-hybridized carbons (Fsp3) is 0.413. The quantitative estimate of drug-likeness (QED) is 0.0933. The number of piperazine rings is 1. The number of nitrogens with zero attached hydrogens (tertiary/aromatic N) is 4. The summed E-state index contributed by atoms with van der Waals surface area (Å²) < 4.78 is 69.0. The van der Waals surface area contributed by atoms with Gasteiger partial charge in [-0.25, -0.2) is 23.1 Å². The number of H-pyrrole nitrogens is 1. The van der Waals surface area contributed by atoms with Crippen molar-refractivity contribution in [1.82, 2.24) is 29.9 Å². The molecular weight excluding hydrogens is 872 g/mol. The first-order valence-electron chi connectivity index (χ1n) is 21.1. The minimum Gasteiger partial charge on any atom is -0.476 e. The summed E-state index contributed by atoms with van der Waals surface area (Å²) in [4.78, 5) is 29.8. The second-order valence-electron chi connectivity index (χ2n) is 17.5. The Morgan fingerprint density at radius 3 is 2.46 bits per heavy atom. The van der Waals surface area contributed by atoms with Crippen LogP contribution in [0.15, 0.2) is 89.7 Å². The molecule has 334 valence electrons. The van der Waals surface area contributed by atoms with Gasteiger partial charge >= 0.3 is 0 Å². The number of hydrogen-bond donors (Lipinski definition) is 3. The molecule has 0 saturated carbocycles. The van der Waals surface area contributed by atoms with Crippen molar-refractivity contribution in [2.75, 3.05) is 70.7 Å². The van der Waals surface area contributed by atoms with Gasteiger partial charge in [0.05, 0.1) is 37.9 Å². The number of carbonyl (C=O) groups excluding carboxylic acids is 1. The smallest absolute Gasteiger partial charge is 0.268 e. The van der Waals surface area contributed by atoms with Crippen LogP contribution in [0.2, 0.25) is 10.0 Å². The molecule has 5 heterocycles. The predicted molar refractivity (Wildman–Crippen MR) is 242 cm³/mol. The number of benzene rings is 2. The predicted octanol–water partition coefficient (Wildman–Crippen LogP) is 8.88. The summed E-state index contributed by atoms with van der Waals surface area (Å²) in [6, 6.07) is 18.0. The molecule has 3 aliphatic rings. The molecular formula is C46H51Cl2F2N7O5S. The molecule has 2 fully saturated rings. The summed E-state index contributed by atoms with van der Waals surface area (Å²) in [5.41, 5.74) is 4.96. The standard InChI is InChI=1S/C46H51Cl2F2N7O5S/c1-45(2)11-9-32(39(22-45)30-3-5-34(47)6-4-30)27-56-15-17-57(18-16-56)35-7-8-38(41(20-35)62-36-19-31-10-13-52-42(31)53-25-36)43(58)55-63(59,60)37-21-40(48)44(54-26-37)61-29-46(12-14-51-28-46)33(23-49)24-50/h3-8,10,13,19-21,25-26,33,51H,9,11-12,14-18,22-24,27-29H2,1-2H3,(H,52,53)(H,55,58)/t46-/m1/s1. The number of pyridine rings is 2. The molecule has 17 heteroatoms. The van der Waals surface area contributed by atoms with Gasteiger partial charge in [-0.1, -0.05) is 54.8 Å². The van der Waals surface area contributed by atoms with E-state index in [1.165, 1.54) is 22.9 Å². The molecule has 0 bridgehead atoms. The second-order valence-corrected chi connectivity index (χ2v) is 20.1. The highest BCUT2D eigenvalue weighted by molar-refractivity contribution is 7.90. The molecule has 2 saturated heterocycles. The van der Waals surface area contributed by atoms with Gasteiger partial charge in [0.2, 0.25) is 5.88 Å². The summed E-state index contributed by atoms with van der Waals surface area (Å²) in [6.45, 7) is 7.79. The molecule has 8 rings (SSSR count). The first-order chi connectivity index (χ1) is 30.2. The Hall–Kier alpha value is -4.80. The number of halogens is 4. The van der Waals surface area contributed by atoms with E-state index in [1.54, 1.807) is 30.5 Å². The molecule has 0 radical (unpaired) electrons. The fourth-order valence-electron chi connectivity index (χ4n) is 8.81. The van der Waals surface area contributed by atoms with Gasteiger partial charge in [0.1, 0.15) is 27.1 Å². The molecule has 63 heavy (non-hydrogen) atoms. The highest BCUT2D eigenvalue weighted by Crippen LogP contribution is 2.44. The summed E-state index contributed by atoms with van der Waals surface area (Å²) in [7, 11) is -4.51. The lowest BCUT2D eigenvalue weighted by Gasteiger charge is -2.39. The van der Waals surface area contributed by atoms with Crippen LogP contribution in [0.3, 0.4) is 0 Å². The number of anilines is 1. The fourth-order valence-corrected chi connectivity index (χ4v) is 10.2. The Bertz CT molecular complexity index is 2590. The normalized spacial score (nSPS) is 19.5. The van der Waals surface area contributed by atoms with E-state index in [0.717, 1.165) is 80.3 Å². The van der Waals surface area contributed by atoms with Crippen molar-refractivity contribution < 1.29 is 31.5 Å². The summed E-state index contributed by atoms with van der Waals surface area (Å²) in [6.07, 6.45) is 7.98. The number of amides is 1. The Morgan fingerprint density at radius 2 is 1.75 bits per heavy atom. The first-order valence-corrected chi connectivity index (χ1v) is 23.4. The van der Waals surface area contributed by atoms with Crippen LogP contribution < -0.4 is 24.4 Å². The lowest BCUT2D eigenvalue weighted by atomic mass is 9.72. The van der Waals surface area contributed by atoms with E-state index in [9.17, 15) is 22.0 Å². The highest BCUT2D eigenvalue weighted by Gasteiger charge is 2.43. The van der Waals surface area contributed by atoms with Gasteiger partial charge in [0.25, 0.3) is 15.9 Å². The van der Waals surface area contributed by atoms with Crippen LogP contribution >= 0.6 is 23.2 Å². The van der Waals surface area contributed by atoms with Gasteiger partial charge < -0.3 is 24.7 Å². The number of sulfonamides is 1. The van der Waals surface area contributed by atoms with E-state index in [2.05, 4.69) is 60.8 Å². The maximum atomic E-state index is 13.9. The maximum Gasteiger partial charge on any atom is 0.268 e. The van der Waals surface area contributed by atoms with Gasteiger partial charge in [-0.05, 0) is 91.2 Å². The topological polar surface area (TPSA) is 142 Å². The van der Waals surface area contributed by atoms with Crippen LogP contribution in [0, 0.1) is 16.7 Å². The average Bonchev–Trinajstić information content (AvgIpc) is 3.95. The number of rotatable bonds is 15. The Balaban J connectivity index is 0.986.